The standard InChI is InChI=1S/C11H12N4/c1-7-3-2-4-9(12-7)11-13-10(14-15-11)8-5-6-8/h2-4,8H,5-6H2,1H3,(H,13,14,15). The van der Waals surface area contributed by atoms with E-state index < -0.39 is 0 Å². The SMILES string of the molecule is Cc1cccc(-c2n[nH]c(C3CC3)n2)n1. The molecule has 0 atom stereocenters. The van der Waals surface area contributed by atoms with E-state index in [1.165, 1.54) is 12.8 Å². The maximum atomic E-state index is 4.45. The number of aromatic amines is 1. The van der Waals surface area contributed by atoms with Crippen molar-refractivity contribution in [1.29, 1.82) is 0 Å². The smallest absolute Gasteiger partial charge is 0.199 e. The zero-order valence-electron chi connectivity index (χ0n) is 8.57. The van der Waals surface area contributed by atoms with Gasteiger partial charge in [-0.3, -0.25) is 5.10 Å². The Labute approximate surface area is 87.8 Å². The van der Waals surface area contributed by atoms with Gasteiger partial charge in [-0.25, -0.2) is 9.97 Å². The molecule has 2 heterocycles. The fourth-order valence-electron chi connectivity index (χ4n) is 1.60. The van der Waals surface area contributed by atoms with Gasteiger partial charge >= 0.3 is 0 Å². The summed E-state index contributed by atoms with van der Waals surface area (Å²) in [6.07, 6.45) is 2.46. The largest absolute Gasteiger partial charge is 0.262 e. The summed E-state index contributed by atoms with van der Waals surface area (Å²) in [6.45, 7) is 1.97. The fraction of sp³-hybridized carbons (Fsp3) is 0.364. The summed E-state index contributed by atoms with van der Waals surface area (Å²) in [6, 6.07) is 5.88. The van der Waals surface area contributed by atoms with Gasteiger partial charge in [-0.1, -0.05) is 6.07 Å². The van der Waals surface area contributed by atoms with E-state index in [9.17, 15) is 0 Å². The van der Waals surface area contributed by atoms with Crippen molar-refractivity contribution in [3.63, 3.8) is 0 Å². The van der Waals surface area contributed by atoms with E-state index in [1.54, 1.807) is 0 Å². The second-order valence-electron chi connectivity index (χ2n) is 3.98. The molecule has 1 N–H and O–H groups in total. The fourth-order valence-corrected chi connectivity index (χ4v) is 1.60. The summed E-state index contributed by atoms with van der Waals surface area (Å²) in [7, 11) is 0. The quantitative estimate of drug-likeness (QED) is 0.807. The number of nitrogens with zero attached hydrogens (tertiary/aromatic N) is 3. The molecule has 1 fully saturated rings. The first-order valence-electron chi connectivity index (χ1n) is 5.19. The highest BCUT2D eigenvalue weighted by Gasteiger charge is 2.27. The van der Waals surface area contributed by atoms with Gasteiger partial charge in [-0.05, 0) is 31.9 Å². The first-order chi connectivity index (χ1) is 7.33. The van der Waals surface area contributed by atoms with Crippen LogP contribution in [0.4, 0.5) is 0 Å². The van der Waals surface area contributed by atoms with Crippen LogP contribution in [0.5, 0.6) is 0 Å². The second kappa shape index (κ2) is 3.15. The van der Waals surface area contributed by atoms with Crippen molar-refractivity contribution >= 4 is 0 Å². The van der Waals surface area contributed by atoms with E-state index in [2.05, 4.69) is 20.2 Å². The average molecular weight is 200 g/mol. The lowest BCUT2D eigenvalue weighted by Crippen LogP contribution is -1.88. The number of H-pyrrole nitrogens is 1. The summed E-state index contributed by atoms with van der Waals surface area (Å²) in [5.41, 5.74) is 1.84. The Morgan fingerprint density at radius 3 is 2.87 bits per heavy atom. The predicted octanol–water partition coefficient (Wildman–Crippen LogP) is 2.05. The van der Waals surface area contributed by atoms with Crippen molar-refractivity contribution < 1.29 is 0 Å². The molecule has 4 heteroatoms. The molecule has 2 aromatic heterocycles. The minimum atomic E-state index is 0.607. The van der Waals surface area contributed by atoms with Crippen LogP contribution in [0.25, 0.3) is 11.5 Å². The van der Waals surface area contributed by atoms with Gasteiger partial charge < -0.3 is 0 Å². The number of rotatable bonds is 2. The Bertz CT molecular complexity index is 485. The van der Waals surface area contributed by atoms with Gasteiger partial charge in [0.25, 0.3) is 0 Å². The van der Waals surface area contributed by atoms with Crippen LogP contribution >= 0.6 is 0 Å². The van der Waals surface area contributed by atoms with Gasteiger partial charge in [-0.2, -0.15) is 5.10 Å². The van der Waals surface area contributed by atoms with Gasteiger partial charge in [0, 0.05) is 11.6 Å². The maximum absolute atomic E-state index is 4.45. The first-order valence-corrected chi connectivity index (χ1v) is 5.19. The third kappa shape index (κ3) is 1.63. The van der Waals surface area contributed by atoms with Crippen LogP contribution in [-0.2, 0) is 0 Å². The summed E-state index contributed by atoms with van der Waals surface area (Å²) in [4.78, 5) is 8.85. The Hall–Kier alpha value is -1.71. The zero-order chi connectivity index (χ0) is 10.3. The van der Waals surface area contributed by atoms with Crippen molar-refractivity contribution in [3.8, 4) is 11.5 Å². The molecule has 15 heavy (non-hydrogen) atoms. The normalized spacial score (nSPS) is 15.5. The molecule has 0 spiro atoms. The second-order valence-corrected chi connectivity index (χ2v) is 3.98. The van der Waals surface area contributed by atoms with Gasteiger partial charge in [0.15, 0.2) is 5.82 Å². The van der Waals surface area contributed by atoms with E-state index in [0.29, 0.717) is 11.7 Å². The summed E-state index contributed by atoms with van der Waals surface area (Å²) in [5, 5.41) is 7.17. The molecule has 0 amide bonds. The van der Waals surface area contributed by atoms with Crippen molar-refractivity contribution in [2.45, 2.75) is 25.7 Å². The van der Waals surface area contributed by atoms with Crippen molar-refractivity contribution in [3.05, 3.63) is 29.7 Å². The summed E-state index contributed by atoms with van der Waals surface area (Å²) in [5.74, 6) is 2.32. The van der Waals surface area contributed by atoms with Gasteiger partial charge in [0.05, 0.1) is 0 Å². The van der Waals surface area contributed by atoms with Crippen LogP contribution in [0.15, 0.2) is 18.2 Å². The molecule has 0 bridgehead atoms. The van der Waals surface area contributed by atoms with Crippen LogP contribution in [0.1, 0.15) is 30.3 Å². The average Bonchev–Trinajstić information content (AvgIpc) is 2.97. The highest BCUT2D eigenvalue weighted by Crippen LogP contribution is 2.38. The minimum absolute atomic E-state index is 0.607. The molecule has 1 aliphatic carbocycles. The van der Waals surface area contributed by atoms with E-state index >= 15 is 0 Å². The first kappa shape index (κ1) is 8.59. The van der Waals surface area contributed by atoms with Crippen molar-refractivity contribution in [2.24, 2.45) is 0 Å². The summed E-state index contributed by atoms with van der Waals surface area (Å²) < 4.78 is 0. The minimum Gasteiger partial charge on any atom is -0.262 e. The molecule has 0 radical (unpaired) electrons. The topological polar surface area (TPSA) is 54.5 Å². The molecular weight excluding hydrogens is 188 g/mol. The Morgan fingerprint density at radius 2 is 2.13 bits per heavy atom. The Balaban J connectivity index is 1.97. The van der Waals surface area contributed by atoms with Crippen molar-refractivity contribution in [1.82, 2.24) is 20.2 Å². The lowest BCUT2D eigenvalue weighted by atomic mass is 10.3. The van der Waals surface area contributed by atoms with Crippen LogP contribution < -0.4 is 0 Å². The van der Waals surface area contributed by atoms with Gasteiger partial charge in [0.2, 0.25) is 0 Å². The molecule has 1 aliphatic rings. The molecule has 76 valence electrons. The number of nitrogens with one attached hydrogen (secondary N) is 1. The number of aromatic nitrogens is 4. The Morgan fingerprint density at radius 1 is 1.27 bits per heavy atom. The van der Waals surface area contributed by atoms with Gasteiger partial charge in [-0.15, -0.1) is 0 Å². The molecule has 0 aromatic carbocycles. The molecule has 1 saturated carbocycles. The number of pyridine rings is 1. The van der Waals surface area contributed by atoms with E-state index in [1.807, 2.05) is 25.1 Å². The monoisotopic (exact) mass is 200 g/mol. The third-order valence-corrected chi connectivity index (χ3v) is 2.58. The predicted molar refractivity (Wildman–Crippen MR) is 56.3 cm³/mol. The number of hydrogen-bond acceptors (Lipinski definition) is 3. The third-order valence-electron chi connectivity index (χ3n) is 2.58. The Kier molecular flexibility index (Phi) is 1.80. The zero-order valence-corrected chi connectivity index (χ0v) is 8.57. The van der Waals surface area contributed by atoms with Crippen LogP contribution in [0, 0.1) is 6.92 Å². The molecule has 4 nitrogen and oxygen atoms in total. The van der Waals surface area contributed by atoms with Crippen LogP contribution in [-0.4, -0.2) is 20.2 Å². The lowest BCUT2D eigenvalue weighted by molar-refractivity contribution is 0.935. The molecule has 0 aliphatic heterocycles. The number of aryl methyl sites for hydroxylation is 1. The lowest BCUT2D eigenvalue weighted by Gasteiger charge is -1.94. The van der Waals surface area contributed by atoms with E-state index in [0.717, 1.165) is 17.2 Å². The van der Waals surface area contributed by atoms with E-state index in [4.69, 9.17) is 0 Å². The maximum Gasteiger partial charge on any atom is 0.199 e. The molecule has 0 unspecified atom stereocenters. The highest BCUT2D eigenvalue weighted by molar-refractivity contribution is 5.48. The van der Waals surface area contributed by atoms with Crippen LogP contribution in [0.2, 0.25) is 0 Å². The van der Waals surface area contributed by atoms with Crippen LogP contribution in [0.3, 0.4) is 0 Å². The van der Waals surface area contributed by atoms with E-state index in [-0.39, 0.29) is 0 Å². The molecular formula is C11H12N4. The van der Waals surface area contributed by atoms with Gasteiger partial charge in [0.1, 0.15) is 11.5 Å². The molecule has 0 saturated heterocycles. The number of hydrogen-bond donors (Lipinski definition) is 1. The molecule has 3 rings (SSSR count). The summed E-state index contributed by atoms with van der Waals surface area (Å²) >= 11 is 0. The molecule has 2 aromatic rings. The highest BCUT2D eigenvalue weighted by atomic mass is 15.2. The van der Waals surface area contributed by atoms with Crippen molar-refractivity contribution in [2.75, 3.05) is 0 Å².